The van der Waals surface area contributed by atoms with Gasteiger partial charge in [-0.15, -0.1) is 5.10 Å². The van der Waals surface area contributed by atoms with Crippen molar-refractivity contribution in [3.05, 3.63) is 70.9 Å². The van der Waals surface area contributed by atoms with Crippen LogP contribution in [0.4, 0.5) is 11.6 Å². The Labute approximate surface area is 192 Å². The molecule has 1 aromatic heterocycles. The maximum Gasteiger partial charge on any atom is 0.255 e. The first-order chi connectivity index (χ1) is 15.5. The summed E-state index contributed by atoms with van der Waals surface area (Å²) < 4.78 is 7.22. The lowest BCUT2D eigenvalue weighted by molar-refractivity contribution is -0.113. The molecule has 166 valence electrons. The number of anilines is 2. The van der Waals surface area contributed by atoms with Crippen molar-refractivity contribution < 1.29 is 9.53 Å². The van der Waals surface area contributed by atoms with Gasteiger partial charge in [0.1, 0.15) is 11.8 Å². The number of thioether (sulfide) groups is 1. The number of amides is 1. The molecule has 1 amide bonds. The van der Waals surface area contributed by atoms with Gasteiger partial charge in [-0.2, -0.15) is 4.98 Å². The van der Waals surface area contributed by atoms with E-state index in [0.29, 0.717) is 28.1 Å². The topological polar surface area (TPSA) is 81.1 Å². The van der Waals surface area contributed by atoms with Crippen LogP contribution in [0, 0.1) is 6.92 Å². The number of carbonyl (C=O) groups excluding carboxylic acids is 1. The van der Waals surface area contributed by atoms with E-state index in [2.05, 4.69) is 22.5 Å². The fraction of sp³-hybridized carbons (Fsp3) is 0.292. The molecule has 0 aliphatic carbocycles. The Morgan fingerprint density at radius 3 is 2.66 bits per heavy atom. The average Bonchev–Trinajstić information content (AvgIpc) is 3.20. The number of allylic oxidation sites excluding steroid dienone is 1. The second-order valence-electron chi connectivity index (χ2n) is 7.64. The quantitative estimate of drug-likeness (QED) is 0.493. The van der Waals surface area contributed by atoms with Crippen LogP contribution in [0.5, 0.6) is 5.75 Å². The van der Waals surface area contributed by atoms with Crippen molar-refractivity contribution in [2.75, 3.05) is 23.5 Å². The third-order valence-electron chi connectivity index (χ3n) is 5.26. The Hall–Kier alpha value is -3.26. The van der Waals surface area contributed by atoms with E-state index in [4.69, 9.17) is 9.84 Å². The Morgan fingerprint density at radius 2 is 1.94 bits per heavy atom. The number of nitrogens with zero attached hydrogens (tertiary/aromatic N) is 3. The van der Waals surface area contributed by atoms with Gasteiger partial charge in [-0.25, -0.2) is 4.68 Å². The number of methoxy groups -OCH3 is 1. The van der Waals surface area contributed by atoms with Crippen LogP contribution in [0.15, 0.2) is 65.0 Å². The predicted molar refractivity (Wildman–Crippen MR) is 128 cm³/mol. The van der Waals surface area contributed by atoms with E-state index in [-0.39, 0.29) is 5.91 Å². The molecule has 7 nitrogen and oxygen atoms in total. The summed E-state index contributed by atoms with van der Waals surface area (Å²) >= 11 is 1.61. The number of carbonyl (C=O) groups is 1. The Balaban J connectivity index is 1.76. The number of aryl methyl sites for hydroxylation is 1. The molecular weight excluding hydrogens is 422 g/mol. The van der Waals surface area contributed by atoms with Crippen LogP contribution in [0.1, 0.15) is 37.4 Å². The predicted octanol–water partition coefficient (Wildman–Crippen LogP) is 5.02. The molecule has 1 unspecified atom stereocenters. The summed E-state index contributed by atoms with van der Waals surface area (Å²) in [6.45, 7) is 6.07. The summed E-state index contributed by atoms with van der Waals surface area (Å²) in [4.78, 5) is 18.2. The summed E-state index contributed by atoms with van der Waals surface area (Å²) in [5.74, 6) is 1.97. The van der Waals surface area contributed by atoms with Gasteiger partial charge in [-0.05, 0) is 38.0 Å². The highest BCUT2D eigenvalue weighted by Crippen LogP contribution is 2.37. The van der Waals surface area contributed by atoms with Crippen molar-refractivity contribution in [3.8, 4) is 5.75 Å². The summed E-state index contributed by atoms with van der Waals surface area (Å²) in [7, 11) is 1.59. The highest BCUT2D eigenvalue weighted by atomic mass is 32.2. The standard InChI is InChI=1S/C24H27N5O2S/c1-5-14-32-24-27-23-25-16(3)20(22(30)26-18-8-6-7-9-19(18)31-4)21(29(23)28-24)17-12-10-15(2)11-13-17/h6-13,21H,5,14H2,1-4H3,(H,26,30)(H,25,27,28). The molecular formula is C24H27N5O2S. The van der Waals surface area contributed by atoms with Crippen LogP contribution in [0.3, 0.4) is 0 Å². The van der Waals surface area contributed by atoms with E-state index in [1.54, 1.807) is 18.9 Å². The van der Waals surface area contributed by atoms with E-state index in [1.807, 2.05) is 67.1 Å². The number of nitrogens with one attached hydrogen (secondary N) is 2. The summed E-state index contributed by atoms with van der Waals surface area (Å²) in [6.07, 6.45) is 1.03. The Kier molecular flexibility index (Phi) is 6.50. The van der Waals surface area contributed by atoms with E-state index in [9.17, 15) is 4.79 Å². The molecule has 32 heavy (non-hydrogen) atoms. The van der Waals surface area contributed by atoms with Crippen LogP contribution in [0.25, 0.3) is 0 Å². The second kappa shape index (κ2) is 9.48. The van der Waals surface area contributed by atoms with Crippen molar-refractivity contribution in [3.63, 3.8) is 0 Å². The number of hydrogen-bond donors (Lipinski definition) is 2. The van der Waals surface area contributed by atoms with Gasteiger partial charge in [0.2, 0.25) is 11.1 Å². The molecule has 2 N–H and O–H groups in total. The first kappa shape index (κ1) is 22.0. The van der Waals surface area contributed by atoms with Crippen LogP contribution >= 0.6 is 11.8 Å². The number of ether oxygens (including phenoxy) is 1. The van der Waals surface area contributed by atoms with Crippen LogP contribution < -0.4 is 15.4 Å². The van der Waals surface area contributed by atoms with Gasteiger partial charge in [0.05, 0.1) is 18.4 Å². The highest BCUT2D eigenvalue weighted by molar-refractivity contribution is 7.99. The maximum absolute atomic E-state index is 13.6. The zero-order chi connectivity index (χ0) is 22.7. The normalized spacial score (nSPS) is 15.2. The fourth-order valence-electron chi connectivity index (χ4n) is 3.67. The SMILES string of the molecule is CCCSc1nc2n(n1)C(c1ccc(C)cc1)C(C(=O)Nc1ccccc1OC)=C(C)N2. The molecule has 0 saturated carbocycles. The molecule has 0 saturated heterocycles. The summed E-state index contributed by atoms with van der Waals surface area (Å²) in [6, 6.07) is 15.2. The Bertz CT molecular complexity index is 1150. The molecule has 0 spiro atoms. The molecule has 0 fully saturated rings. The van der Waals surface area contributed by atoms with Crippen molar-refractivity contribution >= 4 is 29.3 Å². The van der Waals surface area contributed by atoms with Gasteiger partial charge in [-0.1, -0.05) is 60.6 Å². The summed E-state index contributed by atoms with van der Waals surface area (Å²) in [5.41, 5.74) is 4.08. The lowest BCUT2D eigenvalue weighted by Gasteiger charge is -2.29. The smallest absolute Gasteiger partial charge is 0.255 e. The van der Waals surface area contributed by atoms with Crippen LogP contribution in [-0.4, -0.2) is 33.5 Å². The third-order valence-corrected chi connectivity index (χ3v) is 6.30. The van der Waals surface area contributed by atoms with Crippen LogP contribution in [-0.2, 0) is 4.79 Å². The lowest BCUT2D eigenvalue weighted by Crippen LogP contribution is -2.31. The largest absolute Gasteiger partial charge is 0.495 e. The zero-order valence-electron chi connectivity index (χ0n) is 18.7. The molecule has 1 aliphatic heterocycles. The number of para-hydroxylation sites is 2. The molecule has 1 aliphatic rings. The molecule has 3 aromatic rings. The second-order valence-corrected chi connectivity index (χ2v) is 8.70. The number of fused-ring (bicyclic) bond motifs is 1. The molecule has 1 atom stereocenters. The number of aromatic nitrogens is 3. The first-order valence-corrected chi connectivity index (χ1v) is 11.6. The number of rotatable bonds is 7. The van der Waals surface area contributed by atoms with E-state index in [0.717, 1.165) is 29.0 Å². The first-order valence-electron chi connectivity index (χ1n) is 10.6. The average molecular weight is 450 g/mol. The monoisotopic (exact) mass is 449 g/mol. The number of benzene rings is 2. The summed E-state index contributed by atoms with van der Waals surface area (Å²) in [5, 5.41) is 11.7. The third kappa shape index (κ3) is 4.36. The van der Waals surface area contributed by atoms with Crippen LogP contribution in [0.2, 0.25) is 0 Å². The highest BCUT2D eigenvalue weighted by Gasteiger charge is 2.34. The van der Waals surface area contributed by atoms with Gasteiger partial charge in [-0.3, -0.25) is 4.79 Å². The molecule has 0 radical (unpaired) electrons. The molecule has 2 heterocycles. The van der Waals surface area contributed by atoms with E-state index < -0.39 is 6.04 Å². The van der Waals surface area contributed by atoms with Gasteiger partial charge in [0.15, 0.2) is 0 Å². The van der Waals surface area contributed by atoms with Gasteiger partial charge in [0, 0.05) is 11.4 Å². The van der Waals surface area contributed by atoms with Gasteiger partial charge >= 0.3 is 0 Å². The minimum Gasteiger partial charge on any atom is -0.495 e. The zero-order valence-corrected chi connectivity index (χ0v) is 19.5. The van der Waals surface area contributed by atoms with Crippen molar-refractivity contribution in [1.82, 2.24) is 14.8 Å². The van der Waals surface area contributed by atoms with Gasteiger partial charge in [0.25, 0.3) is 5.91 Å². The fourth-order valence-corrected chi connectivity index (χ4v) is 4.36. The lowest BCUT2D eigenvalue weighted by atomic mass is 9.94. The maximum atomic E-state index is 13.6. The van der Waals surface area contributed by atoms with Crippen molar-refractivity contribution in [2.24, 2.45) is 0 Å². The Morgan fingerprint density at radius 1 is 1.19 bits per heavy atom. The molecule has 0 bridgehead atoms. The minimum atomic E-state index is -0.398. The van der Waals surface area contributed by atoms with Crippen molar-refractivity contribution in [1.29, 1.82) is 0 Å². The van der Waals surface area contributed by atoms with Gasteiger partial charge < -0.3 is 15.4 Å². The minimum absolute atomic E-state index is 0.214. The van der Waals surface area contributed by atoms with E-state index in [1.165, 1.54) is 0 Å². The molecule has 4 rings (SSSR count). The van der Waals surface area contributed by atoms with E-state index >= 15 is 0 Å². The molecule has 2 aromatic carbocycles. The van der Waals surface area contributed by atoms with Crippen molar-refractivity contribution in [2.45, 2.75) is 38.4 Å². The molecule has 8 heteroatoms. The number of hydrogen-bond acceptors (Lipinski definition) is 6.